The van der Waals surface area contributed by atoms with Gasteiger partial charge in [-0.05, 0) is 25.0 Å². The smallest absolute Gasteiger partial charge is 0.258 e. The van der Waals surface area contributed by atoms with Gasteiger partial charge < -0.3 is 0 Å². The highest BCUT2D eigenvalue weighted by Crippen LogP contribution is 2.26. The molecule has 1 aromatic rings. The van der Waals surface area contributed by atoms with Gasteiger partial charge in [-0.25, -0.2) is 0 Å². The van der Waals surface area contributed by atoms with Crippen LogP contribution in [0.3, 0.4) is 0 Å². The predicted molar refractivity (Wildman–Crippen MR) is 51.6 cm³/mol. The Bertz CT molecular complexity index is 405. The predicted octanol–water partition coefficient (Wildman–Crippen LogP) is 2.40. The molecule has 0 spiro atoms. The van der Waals surface area contributed by atoms with E-state index in [0.29, 0.717) is 11.1 Å². The largest absolute Gasteiger partial charge is 0.272 e. The van der Waals surface area contributed by atoms with Crippen LogP contribution in [0.5, 0.6) is 0 Å². The van der Waals surface area contributed by atoms with Gasteiger partial charge in [0.25, 0.3) is 5.69 Å². The number of benzene rings is 1. The first-order valence-electron chi connectivity index (χ1n) is 4.07. The van der Waals surface area contributed by atoms with Crippen LogP contribution in [0.1, 0.15) is 24.0 Å². The van der Waals surface area contributed by atoms with Crippen molar-refractivity contribution in [3.8, 4) is 6.07 Å². The van der Waals surface area contributed by atoms with Crippen molar-refractivity contribution in [2.24, 2.45) is 0 Å². The van der Waals surface area contributed by atoms with Crippen LogP contribution in [0.15, 0.2) is 18.2 Å². The molecule has 1 rings (SSSR count). The summed E-state index contributed by atoms with van der Waals surface area (Å²) >= 11 is 0. The molecule has 1 unspecified atom stereocenters. The lowest BCUT2D eigenvalue weighted by molar-refractivity contribution is -0.385. The maximum absolute atomic E-state index is 10.6. The quantitative estimate of drug-likeness (QED) is 0.530. The van der Waals surface area contributed by atoms with Crippen LogP contribution < -0.4 is 0 Å². The van der Waals surface area contributed by atoms with Crippen molar-refractivity contribution >= 4 is 5.69 Å². The zero-order valence-corrected chi connectivity index (χ0v) is 7.73. The van der Waals surface area contributed by atoms with Gasteiger partial charge in [-0.3, -0.25) is 10.1 Å². The topological polar surface area (TPSA) is 66.9 Å². The van der Waals surface area contributed by atoms with E-state index in [4.69, 9.17) is 5.26 Å². The van der Waals surface area contributed by atoms with Crippen LogP contribution >= 0.6 is 0 Å². The zero-order chi connectivity index (χ0) is 10.7. The first-order chi connectivity index (χ1) is 6.56. The summed E-state index contributed by atoms with van der Waals surface area (Å²) in [7, 11) is 0. The van der Waals surface area contributed by atoms with Crippen molar-refractivity contribution in [1.82, 2.24) is 0 Å². The van der Waals surface area contributed by atoms with Crippen molar-refractivity contribution < 1.29 is 4.92 Å². The minimum Gasteiger partial charge on any atom is -0.258 e. The summed E-state index contributed by atoms with van der Waals surface area (Å²) in [5.74, 6) is -0.205. The van der Waals surface area contributed by atoms with Crippen LogP contribution in [0, 0.1) is 28.4 Å². The summed E-state index contributed by atoms with van der Waals surface area (Å²) in [5, 5.41) is 19.3. The van der Waals surface area contributed by atoms with E-state index < -0.39 is 4.92 Å². The van der Waals surface area contributed by atoms with Gasteiger partial charge in [-0.2, -0.15) is 5.26 Å². The zero-order valence-electron chi connectivity index (χ0n) is 7.73. The molecule has 4 nitrogen and oxygen atoms in total. The second-order valence-electron chi connectivity index (χ2n) is 3.04. The fraction of sp³-hybridized carbons (Fsp3) is 0.200. The number of nitrogens with zero attached hydrogens (tertiary/aromatic N) is 2. The lowest BCUT2D eigenvalue weighted by Gasteiger charge is -2.05. The second kappa shape index (κ2) is 3.88. The molecule has 0 aliphatic heterocycles. The summed E-state index contributed by atoms with van der Waals surface area (Å²) in [4.78, 5) is 10.2. The molecule has 0 saturated heterocycles. The minimum atomic E-state index is -0.460. The molecule has 71 valence electrons. The molecule has 4 heteroatoms. The van der Waals surface area contributed by atoms with E-state index >= 15 is 0 Å². The Balaban J connectivity index is 3.33. The molecule has 0 N–H and O–H groups in total. The molecule has 0 fully saturated rings. The Hall–Kier alpha value is -1.89. The molecule has 14 heavy (non-hydrogen) atoms. The number of nitro benzene ring substituents is 1. The van der Waals surface area contributed by atoms with E-state index in [1.165, 1.54) is 18.2 Å². The standard InChI is InChI=1S/C10H9N2O2/c1-7(2)9-5-8(6-11)3-4-10(9)12(13)14/h3-5,7H,1H2,2H3. The van der Waals surface area contributed by atoms with Crippen LogP contribution in [-0.2, 0) is 0 Å². The molecule has 0 aliphatic rings. The number of hydrogen-bond donors (Lipinski definition) is 0. The fourth-order valence-corrected chi connectivity index (χ4v) is 1.19. The Kier molecular flexibility index (Phi) is 2.82. The fourth-order valence-electron chi connectivity index (χ4n) is 1.19. The number of nitro groups is 1. The first kappa shape index (κ1) is 10.2. The average molecular weight is 189 g/mol. The first-order valence-corrected chi connectivity index (χ1v) is 4.07. The lowest BCUT2D eigenvalue weighted by atomic mass is 9.99. The summed E-state index contributed by atoms with van der Waals surface area (Å²) in [6.45, 7) is 5.47. The third-order valence-electron chi connectivity index (χ3n) is 1.88. The molecule has 0 heterocycles. The van der Waals surface area contributed by atoms with Crippen molar-refractivity contribution in [3.63, 3.8) is 0 Å². The summed E-state index contributed by atoms with van der Waals surface area (Å²) in [6, 6.07) is 6.23. The monoisotopic (exact) mass is 189 g/mol. The summed E-state index contributed by atoms with van der Waals surface area (Å²) in [6.07, 6.45) is 0. The second-order valence-corrected chi connectivity index (χ2v) is 3.04. The van der Waals surface area contributed by atoms with E-state index in [1.54, 1.807) is 6.92 Å². The maximum atomic E-state index is 10.6. The maximum Gasteiger partial charge on any atom is 0.272 e. The Morgan fingerprint density at radius 1 is 1.64 bits per heavy atom. The molecule has 0 bridgehead atoms. The Labute approximate surface area is 81.9 Å². The van der Waals surface area contributed by atoms with Gasteiger partial charge in [0.15, 0.2) is 0 Å². The molecule has 1 radical (unpaired) electrons. The van der Waals surface area contributed by atoms with Crippen LogP contribution in [0.2, 0.25) is 0 Å². The molecule has 1 atom stereocenters. The molecule has 0 aliphatic carbocycles. The number of hydrogen-bond acceptors (Lipinski definition) is 3. The molecule has 0 amide bonds. The highest BCUT2D eigenvalue weighted by Gasteiger charge is 2.16. The summed E-state index contributed by atoms with van der Waals surface area (Å²) in [5.41, 5.74) is 0.932. The highest BCUT2D eigenvalue weighted by atomic mass is 16.6. The van der Waals surface area contributed by atoms with E-state index in [9.17, 15) is 10.1 Å². The van der Waals surface area contributed by atoms with Gasteiger partial charge in [-0.15, -0.1) is 0 Å². The third-order valence-corrected chi connectivity index (χ3v) is 1.88. The number of rotatable bonds is 2. The van der Waals surface area contributed by atoms with E-state index in [2.05, 4.69) is 6.92 Å². The summed E-state index contributed by atoms with van der Waals surface area (Å²) < 4.78 is 0. The van der Waals surface area contributed by atoms with Gasteiger partial charge in [0.05, 0.1) is 16.6 Å². The molecule has 0 saturated carbocycles. The van der Waals surface area contributed by atoms with Crippen molar-refractivity contribution in [2.45, 2.75) is 12.8 Å². The van der Waals surface area contributed by atoms with Gasteiger partial charge in [0.2, 0.25) is 0 Å². The van der Waals surface area contributed by atoms with Gasteiger partial charge in [-0.1, -0.05) is 6.92 Å². The van der Waals surface area contributed by atoms with E-state index in [-0.39, 0.29) is 11.6 Å². The van der Waals surface area contributed by atoms with Crippen molar-refractivity contribution in [1.29, 1.82) is 5.26 Å². The lowest BCUT2D eigenvalue weighted by Crippen LogP contribution is -1.97. The molecule has 0 aromatic heterocycles. The average Bonchev–Trinajstić information content (AvgIpc) is 2.16. The number of nitriles is 1. The normalized spacial score (nSPS) is 9.86. The molecule has 1 aromatic carbocycles. The molecular formula is C10H9N2O2. The van der Waals surface area contributed by atoms with E-state index in [1.807, 2.05) is 6.07 Å². The van der Waals surface area contributed by atoms with Crippen LogP contribution in [-0.4, -0.2) is 4.92 Å². The van der Waals surface area contributed by atoms with Crippen molar-refractivity contribution in [2.75, 3.05) is 0 Å². The van der Waals surface area contributed by atoms with Gasteiger partial charge >= 0.3 is 0 Å². The SMILES string of the molecule is [CH2]C(C)c1cc(C#N)ccc1[N+](=O)[O-]. The van der Waals surface area contributed by atoms with Gasteiger partial charge in [0.1, 0.15) is 0 Å². The van der Waals surface area contributed by atoms with E-state index in [0.717, 1.165) is 0 Å². The third kappa shape index (κ3) is 1.88. The minimum absolute atomic E-state index is 0.0199. The Morgan fingerprint density at radius 2 is 2.29 bits per heavy atom. The molecular weight excluding hydrogens is 180 g/mol. The highest BCUT2D eigenvalue weighted by molar-refractivity contribution is 5.48. The Morgan fingerprint density at radius 3 is 2.71 bits per heavy atom. The van der Waals surface area contributed by atoms with Gasteiger partial charge in [0, 0.05) is 11.6 Å². The van der Waals surface area contributed by atoms with Crippen molar-refractivity contribution in [3.05, 3.63) is 46.4 Å². The van der Waals surface area contributed by atoms with Crippen LogP contribution in [0.25, 0.3) is 0 Å². The van der Waals surface area contributed by atoms with Crippen LogP contribution in [0.4, 0.5) is 5.69 Å².